The molecule has 0 spiro atoms. The van der Waals surface area contributed by atoms with Gasteiger partial charge in [0, 0.05) is 50.1 Å². The second-order valence-electron chi connectivity index (χ2n) is 9.79. The number of carbonyl (C=O) groups is 3. The van der Waals surface area contributed by atoms with Crippen molar-refractivity contribution in [2.24, 2.45) is 0 Å². The minimum atomic E-state index is -0.590. The fourth-order valence-corrected chi connectivity index (χ4v) is 4.06. The second kappa shape index (κ2) is 10.8. The highest BCUT2D eigenvalue weighted by Gasteiger charge is 2.29. The van der Waals surface area contributed by atoms with E-state index < -0.39 is 11.7 Å². The Balaban J connectivity index is 1.78. The van der Waals surface area contributed by atoms with E-state index in [1.807, 2.05) is 27.7 Å². The number of amides is 2. The zero-order chi connectivity index (χ0) is 24.9. The van der Waals surface area contributed by atoms with Gasteiger partial charge in [0.2, 0.25) is 0 Å². The predicted molar refractivity (Wildman–Crippen MR) is 128 cm³/mol. The summed E-state index contributed by atoms with van der Waals surface area (Å²) < 4.78 is 20.9. The Morgan fingerprint density at radius 1 is 1.21 bits per heavy atom. The van der Waals surface area contributed by atoms with Crippen molar-refractivity contribution in [1.29, 1.82) is 0 Å². The Bertz CT molecular complexity index is 1040. The van der Waals surface area contributed by atoms with Gasteiger partial charge < -0.3 is 19.5 Å². The van der Waals surface area contributed by atoms with Crippen molar-refractivity contribution < 1.29 is 23.5 Å². The summed E-state index contributed by atoms with van der Waals surface area (Å²) in [4.78, 5) is 39.7. The molecule has 1 atom stereocenters. The molecule has 184 valence electrons. The van der Waals surface area contributed by atoms with Crippen molar-refractivity contribution in [3.05, 3.63) is 53.6 Å². The monoisotopic (exact) mass is 471 g/mol. The third-order valence-electron chi connectivity index (χ3n) is 5.58. The molecule has 1 aromatic carbocycles. The molecular weight excluding hydrogens is 437 g/mol. The number of Topliss-reactive ketones (excluding diaryl/α,β-unsaturated/α-hetero) is 1. The summed E-state index contributed by atoms with van der Waals surface area (Å²) in [7, 11) is 0. The highest BCUT2D eigenvalue weighted by molar-refractivity contribution is 5.97. The van der Waals surface area contributed by atoms with E-state index >= 15 is 0 Å². The third kappa shape index (κ3) is 6.92. The minimum Gasteiger partial charge on any atom is -0.444 e. The molecule has 0 radical (unpaired) electrons. The standard InChI is InChI=1S/C26H34FN3O4/c1-5-8-22(31)13-18-15-30(21-11-6-9-19(27)14-21)17-23(18)24(32)28-20-10-7-12-29(16-20)25(33)34-26(2,3)4/h6,9,11,14-15,17,20H,5,7-8,10,12-13,16H2,1-4H3,(H,28,32)/t20-/m0/s1. The Morgan fingerprint density at radius 2 is 1.97 bits per heavy atom. The summed E-state index contributed by atoms with van der Waals surface area (Å²) >= 11 is 0. The van der Waals surface area contributed by atoms with E-state index in [0.717, 1.165) is 19.3 Å². The molecule has 2 heterocycles. The van der Waals surface area contributed by atoms with Gasteiger partial charge in [-0.25, -0.2) is 9.18 Å². The fraction of sp³-hybridized carbons (Fsp3) is 0.500. The lowest BCUT2D eigenvalue weighted by Gasteiger charge is -2.34. The molecule has 1 aromatic heterocycles. The van der Waals surface area contributed by atoms with Crippen LogP contribution in [0.2, 0.25) is 0 Å². The van der Waals surface area contributed by atoms with E-state index in [4.69, 9.17) is 4.74 Å². The van der Waals surface area contributed by atoms with Gasteiger partial charge in [-0.2, -0.15) is 0 Å². The van der Waals surface area contributed by atoms with Crippen LogP contribution in [0, 0.1) is 5.82 Å². The maximum absolute atomic E-state index is 13.8. The second-order valence-corrected chi connectivity index (χ2v) is 9.79. The number of ether oxygens (including phenoxy) is 1. The third-order valence-corrected chi connectivity index (χ3v) is 5.58. The number of nitrogens with zero attached hydrogens (tertiary/aromatic N) is 2. The number of rotatable bonds is 7. The molecule has 0 aliphatic carbocycles. The van der Waals surface area contributed by atoms with Crippen molar-refractivity contribution in [3.63, 3.8) is 0 Å². The van der Waals surface area contributed by atoms with Crippen LogP contribution in [-0.4, -0.2) is 52.0 Å². The molecule has 1 aliphatic rings. The molecule has 1 fully saturated rings. The number of aromatic nitrogens is 1. The summed E-state index contributed by atoms with van der Waals surface area (Å²) in [6.07, 6.45) is 5.73. The Hall–Kier alpha value is -3.16. The van der Waals surface area contributed by atoms with E-state index in [1.54, 1.807) is 34.0 Å². The van der Waals surface area contributed by atoms with Crippen molar-refractivity contribution in [3.8, 4) is 5.69 Å². The van der Waals surface area contributed by atoms with Crippen LogP contribution in [0.5, 0.6) is 0 Å². The molecule has 2 amide bonds. The summed E-state index contributed by atoms with van der Waals surface area (Å²) in [5.74, 6) is -0.655. The zero-order valence-electron chi connectivity index (χ0n) is 20.4. The maximum atomic E-state index is 13.8. The molecule has 3 rings (SSSR count). The van der Waals surface area contributed by atoms with Gasteiger partial charge in [0.15, 0.2) is 0 Å². The van der Waals surface area contributed by atoms with Crippen LogP contribution < -0.4 is 5.32 Å². The largest absolute Gasteiger partial charge is 0.444 e. The first-order chi connectivity index (χ1) is 16.1. The number of ketones is 1. The fourth-order valence-electron chi connectivity index (χ4n) is 4.06. The van der Waals surface area contributed by atoms with Crippen molar-refractivity contribution >= 4 is 17.8 Å². The van der Waals surface area contributed by atoms with Gasteiger partial charge in [-0.05, 0) is 63.8 Å². The van der Waals surface area contributed by atoms with Crippen LogP contribution in [0.1, 0.15) is 69.3 Å². The smallest absolute Gasteiger partial charge is 0.410 e. The highest BCUT2D eigenvalue weighted by Crippen LogP contribution is 2.20. The molecular formula is C26H34FN3O4. The average Bonchev–Trinajstić information content (AvgIpc) is 3.17. The van der Waals surface area contributed by atoms with E-state index in [0.29, 0.717) is 36.3 Å². The number of benzene rings is 1. The molecule has 0 bridgehead atoms. The van der Waals surface area contributed by atoms with Gasteiger partial charge in [0.1, 0.15) is 17.2 Å². The summed E-state index contributed by atoms with van der Waals surface area (Å²) in [5, 5.41) is 3.02. The van der Waals surface area contributed by atoms with E-state index in [-0.39, 0.29) is 30.0 Å². The normalized spacial score (nSPS) is 16.3. The number of hydrogen-bond acceptors (Lipinski definition) is 4. The molecule has 0 unspecified atom stereocenters. The van der Waals surface area contributed by atoms with Crippen LogP contribution in [-0.2, 0) is 16.0 Å². The van der Waals surface area contributed by atoms with E-state index in [2.05, 4.69) is 5.32 Å². The summed E-state index contributed by atoms with van der Waals surface area (Å²) in [5.41, 5.74) is 0.952. The molecule has 1 aliphatic heterocycles. The average molecular weight is 472 g/mol. The van der Waals surface area contributed by atoms with Gasteiger partial charge in [0.25, 0.3) is 5.91 Å². The lowest BCUT2D eigenvalue weighted by Crippen LogP contribution is -2.50. The van der Waals surface area contributed by atoms with Gasteiger partial charge in [-0.15, -0.1) is 0 Å². The van der Waals surface area contributed by atoms with Crippen LogP contribution in [0.3, 0.4) is 0 Å². The van der Waals surface area contributed by atoms with E-state index in [9.17, 15) is 18.8 Å². The van der Waals surface area contributed by atoms with Crippen LogP contribution in [0.25, 0.3) is 5.69 Å². The molecule has 8 heteroatoms. The van der Waals surface area contributed by atoms with Gasteiger partial charge in [-0.3, -0.25) is 9.59 Å². The van der Waals surface area contributed by atoms with Crippen molar-refractivity contribution in [1.82, 2.24) is 14.8 Å². The molecule has 7 nitrogen and oxygen atoms in total. The van der Waals surface area contributed by atoms with E-state index in [1.165, 1.54) is 12.1 Å². The number of halogens is 1. The topological polar surface area (TPSA) is 80.6 Å². The number of carbonyl (C=O) groups excluding carboxylic acids is 3. The number of piperidine rings is 1. The van der Waals surface area contributed by atoms with Gasteiger partial charge in [-0.1, -0.05) is 13.0 Å². The maximum Gasteiger partial charge on any atom is 0.410 e. The highest BCUT2D eigenvalue weighted by atomic mass is 19.1. The number of nitrogens with one attached hydrogen (secondary N) is 1. The Labute approximate surface area is 200 Å². The summed E-state index contributed by atoms with van der Waals surface area (Å²) in [6, 6.07) is 5.83. The first-order valence-corrected chi connectivity index (χ1v) is 11.8. The Kier molecular flexibility index (Phi) is 8.12. The van der Waals surface area contributed by atoms with Crippen LogP contribution in [0.4, 0.5) is 9.18 Å². The zero-order valence-corrected chi connectivity index (χ0v) is 20.4. The van der Waals surface area contributed by atoms with Crippen molar-refractivity contribution in [2.45, 2.75) is 71.4 Å². The molecule has 2 aromatic rings. The minimum absolute atomic E-state index is 0.0438. The van der Waals surface area contributed by atoms with Crippen LogP contribution in [0.15, 0.2) is 36.7 Å². The van der Waals surface area contributed by atoms with Gasteiger partial charge >= 0.3 is 6.09 Å². The quantitative estimate of drug-likeness (QED) is 0.637. The SMILES string of the molecule is CCCC(=O)Cc1cn(-c2cccc(F)c2)cc1C(=O)N[C@H]1CCCN(C(=O)OC(C)(C)C)C1. The lowest BCUT2D eigenvalue weighted by atomic mass is 10.0. The molecule has 1 N–H and O–H groups in total. The predicted octanol–water partition coefficient (Wildman–Crippen LogP) is 4.66. The van der Waals surface area contributed by atoms with Gasteiger partial charge in [0.05, 0.1) is 5.56 Å². The first-order valence-electron chi connectivity index (χ1n) is 11.8. The lowest BCUT2D eigenvalue weighted by molar-refractivity contribution is -0.118. The Morgan fingerprint density at radius 3 is 2.65 bits per heavy atom. The number of likely N-dealkylation sites (tertiary alicyclic amines) is 1. The van der Waals surface area contributed by atoms with Crippen molar-refractivity contribution in [2.75, 3.05) is 13.1 Å². The molecule has 0 saturated carbocycles. The van der Waals surface area contributed by atoms with Crippen LogP contribution >= 0.6 is 0 Å². The summed E-state index contributed by atoms with van der Waals surface area (Å²) in [6.45, 7) is 8.32. The first kappa shape index (κ1) is 25.5. The molecule has 1 saturated heterocycles. The molecule has 34 heavy (non-hydrogen) atoms. The number of hydrogen-bond donors (Lipinski definition) is 1.